The molecular formula is C27H36FN9. The molecule has 0 amide bonds. The molecule has 0 aliphatic rings. The van der Waals surface area contributed by atoms with Crippen LogP contribution in [0.5, 0.6) is 0 Å². The zero-order chi connectivity index (χ0) is 27.0. The topological polar surface area (TPSA) is 116 Å². The number of pyridine rings is 2. The zero-order valence-corrected chi connectivity index (χ0v) is 22.3. The Kier molecular flexibility index (Phi) is 9.17. The number of allylic oxidation sites excluding steroid dienone is 1. The molecule has 0 aromatic carbocycles. The van der Waals surface area contributed by atoms with E-state index in [0.29, 0.717) is 18.8 Å². The van der Waals surface area contributed by atoms with Gasteiger partial charge in [0.1, 0.15) is 6.07 Å². The van der Waals surface area contributed by atoms with Gasteiger partial charge in [0.15, 0.2) is 17.5 Å². The average molecular weight is 506 g/mol. The van der Waals surface area contributed by atoms with Crippen LogP contribution in [0.25, 0.3) is 0 Å². The second-order valence-electron chi connectivity index (χ2n) is 10.2. The van der Waals surface area contributed by atoms with Crippen molar-refractivity contribution in [1.29, 1.82) is 5.26 Å². The summed E-state index contributed by atoms with van der Waals surface area (Å²) in [5.74, 6) is -0.267. The summed E-state index contributed by atoms with van der Waals surface area (Å²) in [6.07, 6.45) is 7.33. The minimum atomic E-state index is -0.588. The number of anilines is 3. The van der Waals surface area contributed by atoms with Crippen LogP contribution in [0.2, 0.25) is 0 Å². The van der Waals surface area contributed by atoms with Crippen LogP contribution in [-0.2, 0) is 13.0 Å². The second-order valence-corrected chi connectivity index (χ2v) is 10.2. The number of hydrogen-bond donors (Lipinski definition) is 3. The van der Waals surface area contributed by atoms with E-state index in [-0.39, 0.29) is 28.7 Å². The molecule has 0 saturated heterocycles. The number of halogens is 1. The fourth-order valence-corrected chi connectivity index (χ4v) is 3.97. The Balaban J connectivity index is 1.77. The summed E-state index contributed by atoms with van der Waals surface area (Å²) < 4.78 is 14.8. The van der Waals surface area contributed by atoms with E-state index < -0.39 is 5.82 Å². The lowest BCUT2D eigenvalue weighted by atomic mass is 9.90. The maximum absolute atomic E-state index is 14.8. The van der Waals surface area contributed by atoms with Crippen molar-refractivity contribution in [1.82, 2.24) is 30.3 Å². The van der Waals surface area contributed by atoms with Crippen molar-refractivity contribution in [3.8, 4) is 6.07 Å². The molecule has 37 heavy (non-hydrogen) atoms. The molecule has 0 radical (unpaired) electrons. The summed E-state index contributed by atoms with van der Waals surface area (Å²) in [5.41, 5.74) is 3.66. The van der Waals surface area contributed by atoms with Crippen LogP contribution in [0, 0.1) is 22.6 Å². The van der Waals surface area contributed by atoms with E-state index in [1.807, 2.05) is 19.1 Å². The van der Waals surface area contributed by atoms with E-state index in [0.717, 1.165) is 36.2 Å². The highest BCUT2D eigenvalue weighted by Crippen LogP contribution is 2.25. The van der Waals surface area contributed by atoms with Gasteiger partial charge in [-0.05, 0) is 42.4 Å². The van der Waals surface area contributed by atoms with Gasteiger partial charge >= 0.3 is 0 Å². The minimum Gasteiger partial charge on any atom is -0.384 e. The molecular weight excluding hydrogens is 469 g/mol. The number of aromatic nitrogens is 5. The highest BCUT2D eigenvalue weighted by molar-refractivity contribution is 5.65. The molecule has 0 aliphatic carbocycles. The lowest BCUT2D eigenvalue weighted by Gasteiger charge is -2.25. The fraction of sp³-hybridized carbons (Fsp3) is 0.444. The molecule has 3 rings (SSSR count). The van der Waals surface area contributed by atoms with E-state index in [9.17, 15) is 9.65 Å². The lowest BCUT2D eigenvalue weighted by molar-refractivity contribution is 0.389. The molecule has 0 fully saturated rings. The van der Waals surface area contributed by atoms with Crippen LogP contribution in [0.4, 0.5) is 21.7 Å². The third-order valence-electron chi connectivity index (χ3n) is 5.69. The number of nitrogens with one attached hydrogen (secondary N) is 3. The molecule has 0 aliphatic heterocycles. The number of aryl methyl sites for hydroxylation is 1. The fourth-order valence-electron chi connectivity index (χ4n) is 3.97. The van der Waals surface area contributed by atoms with Gasteiger partial charge in [-0.15, -0.1) is 0 Å². The van der Waals surface area contributed by atoms with Crippen LogP contribution >= 0.6 is 0 Å². The summed E-state index contributed by atoms with van der Waals surface area (Å²) in [7, 11) is 0. The molecule has 3 aromatic heterocycles. The average Bonchev–Trinajstić information content (AvgIpc) is 3.35. The summed E-state index contributed by atoms with van der Waals surface area (Å²) in [5, 5.41) is 27.6. The monoisotopic (exact) mass is 505 g/mol. The van der Waals surface area contributed by atoms with Crippen LogP contribution < -0.4 is 16.0 Å². The molecule has 10 heteroatoms. The number of nitriles is 1. The van der Waals surface area contributed by atoms with Crippen LogP contribution in [0.15, 0.2) is 43.0 Å². The van der Waals surface area contributed by atoms with E-state index in [1.165, 1.54) is 6.07 Å². The summed E-state index contributed by atoms with van der Waals surface area (Å²) in [6.45, 7) is 15.6. The highest BCUT2D eigenvalue weighted by atomic mass is 19.1. The van der Waals surface area contributed by atoms with E-state index in [1.54, 1.807) is 23.4 Å². The molecule has 3 N–H and O–H groups in total. The standard InChI is InChI=1S/C27H36FN9/c1-7-21(34-18(3)13-27(4,5)6)15-31-26-23(28)12-19(14-29)25(36-26)35-22-11-20(24(8-2)30-16-22)17-37-32-9-10-33-37/h9-12,16,21,34H,3,7-8,13,15,17H2,1-2,4-6H3,(H2,31,35,36)/t21-/m0/s1. The van der Waals surface area contributed by atoms with Crippen molar-refractivity contribution in [3.05, 3.63) is 65.6 Å². The molecule has 0 saturated carbocycles. The molecule has 0 spiro atoms. The first-order valence-electron chi connectivity index (χ1n) is 12.5. The molecule has 3 heterocycles. The summed E-state index contributed by atoms with van der Waals surface area (Å²) >= 11 is 0. The number of nitrogens with zero attached hydrogens (tertiary/aromatic N) is 6. The van der Waals surface area contributed by atoms with Gasteiger partial charge in [-0.25, -0.2) is 9.37 Å². The van der Waals surface area contributed by atoms with Crippen LogP contribution in [0.3, 0.4) is 0 Å². The first-order valence-corrected chi connectivity index (χ1v) is 12.5. The van der Waals surface area contributed by atoms with E-state index in [4.69, 9.17) is 0 Å². The summed E-state index contributed by atoms with van der Waals surface area (Å²) in [4.78, 5) is 10.5. The van der Waals surface area contributed by atoms with Gasteiger partial charge in [-0.3, -0.25) is 4.98 Å². The predicted octanol–water partition coefficient (Wildman–Crippen LogP) is 5.16. The molecule has 0 unspecified atom stereocenters. The lowest BCUT2D eigenvalue weighted by Crippen LogP contribution is -2.35. The third kappa shape index (κ3) is 8.00. The maximum Gasteiger partial charge on any atom is 0.166 e. The van der Waals surface area contributed by atoms with Crippen LogP contribution in [-0.4, -0.2) is 37.5 Å². The molecule has 1 atom stereocenters. The van der Waals surface area contributed by atoms with Gasteiger partial charge in [0, 0.05) is 24.0 Å². The summed E-state index contributed by atoms with van der Waals surface area (Å²) in [6, 6.07) is 5.18. The zero-order valence-electron chi connectivity index (χ0n) is 22.3. The van der Waals surface area contributed by atoms with Gasteiger partial charge < -0.3 is 16.0 Å². The van der Waals surface area contributed by atoms with Gasteiger partial charge in [-0.2, -0.15) is 20.3 Å². The normalized spacial score (nSPS) is 12.0. The van der Waals surface area contributed by atoms with E-state index >= 15 is 0 Å². The highest BCUT2D eigenvalue weighted by Gasteiger charge is 2.17. The van der Waals surface area contributed by atoms with Gasteiger partial charge in [-0.1, -0.05) is 41.2 Å². The van der Waals surface area contributed by atoms with E-state index in [2.05, 4.69) is 70.4 Å². The quantitative estimate of drug-likeness (QED) is 0.309. The Bertz CT molecular complexity index is 1240. The second kappa shape index (κ2) is 12.3. The SMILES string of the molecule is C=C(CC(C)(C)C)N[C@@H](CC)CNc1nc(Nc2cnc(CC)c(Cn3nccn3)c2)c(C#N)cc1F. The first-order chi connectivity index (χ1) is 17.6. The van der Waals surface area contributed by atoms with Crippen molar-refractivity contribution in [2.45, 2.75) is 66.5 Å². The Labute approximate surface area is 218 Å². The minimum absolute atomic E-state index is 0.0485. The van der Waals surface area contributed by atoms with Gasteiger partial charge in [0.05, 0.1) is 36.4 Å². The van der Waals surface area contributed by atoms with Crippen molar-refractivity contribution < 1.29 is 4.39 Å². The largest absolute Gasteiger partial charge is 0.384 e. The van der Waals surface area contributed by atoms with Crippen molar-refractivity contribution in [2.24, 2.45) is 5.41 Å². The Hall–Kier alpha value is -4.00. The smallest absolute Gasteiger partial charge is 0.166 e. The molecule has 0 bridgehead atoms. The first kappa shape index (κ1) is 27.6. The Morgan fingerprint density at radius 1 is 1.19 bits per heavy atom. The number of rotatable bonds is 12. The van der Waals surface area contributed by atoms with Crippen molar-refractivity contribution >= 4 is 17.3 Å². The van der Waals surface area contributed by atoms with Crippen molar-refractivity contribution in [3.63, 3.8) is 0 Å². The Morgan fingerprint density at radius 2 is 1.92 bits per heavy atom. The molecule has 196 valence electrons. The number of hydrogen-bond acceptors (Lipinski definition) is 8. The van der Waals surface area contributed by atoms with Crippen molar-refractivity contribution in [2.75, 3.05) is 17.2 Å². The molecule has 3 aromatic rings. The maximum atomic E-state index is 14.8. The van der Waals surface area contributed by atoms with Crippen LogP contribution in [0.1, 0.15) is 64.3 Å². The third-order valence-corrected chi connectivity index (χ3v) is 5.69. The predicted molar refractivity (Wildman–Crippen MR) is 144 cm³/mol. The van der Waals surface area contributed by atoms with Gasteiger partial charge in [0.2, 0.25) is 0 Å². The Morgan fingerprint density at radius 3 is 2.54 bits per heavy atom. The molecule has 9 nitrogen and oxygen atoms in total. The van der Waals surface area contributed by atoms with Gasteiger partial charge in [0.25, 0.3) is 0 Å².